The van der Waals surface area contributed by atoms with Crippen LogP contribution in [0.1, 0.15) is 0 Å². The van der Waals surface area contributed by atoms with Gasteiger partial charge in [-0.2, -0.15) is 0 Å². The van der Waals surface area contributed by atoms with Crippen molar-refractivity contribution < 1.29 is 13.2 Å². The topological polar surface area (TPSA) is 0 Å². The summed E-state index contributed by atoms with van der Waals surface area (Å²) >= 11 is -2.61. The number of halogens is 3. The summed E-state index contributed by atoms with van der Waals surface area (Å²) in [6.45, 7) is 0. The van der Waals surface area contributed by atoms with Gasteiger partial charge in [0, 0.05) is 0 Å². The minimum atomic E-state index is -4.30. The van der Waals surface area contributed by atoms with Gasteiger partial charge < -0.3 is 0 Å². The summed E-state index contributed by atoms with van der Waals surface area (Å²) in [5.74, 6) is 1.31. The van der Waals surface area contributed by atoms with Gasteiger partial charge in [-0.3, -0.25) is 0 Å². The fraction of sp³-hybridized carbons (Fsp3) is 0.667. The molecule has 0 aromatic heterocycles. The van der Waals surface area contributed by atoms with Crippen LogP contribution in [0.15, 0.2) is 0 Å². The average molecular weight is 345 g/mol. The molecule has 0 aliphatic rings. The molecule has 0 saturated heterocycles. The molecular formula is C6H9F3Pb. The Hall–Kier alpha value is 0.272. The summed E-state index contributed by atoms with van der Waals surface area (Å²) in [6, 6.07) is 0. The van der Waals surface area contributed by atoms with Crippen LogP contribution in [0.5, 0.6) is 0 Å². The van der Waals surface area contributed by atoms with Gasteiger partial charge in [0.15, 0.2) is 0 Å². The molecule has 58 valence electrons. The second kappa shape index (κ2) is 3.11. The Bertz CT molecular complexity index is 146. The van der Waals surface area contributed by atoms with Gasteiger partial charge in [-0.15, -0.1) is 0 Å². The van der Waals surface area contributed by atoms with Crippen molar-refractivity contribution >= 4 is 21.2 Å². The molecule has 4 heteroatoms. The number of alkyl halides is 3. The van der Waals surface area contributed by atoms with Crippen molar-refractivity contribution in [2.75, 3.05) is 0 Å². The van der Waals surface area contributed by atoms with Crippen LogP contribution < -0.4 is 0 Å². The third-order valence-corrected chi connectivity index (χ3v) is 3.98. The minimum absolute atomic E-state index is 1.31. The van der Waals surface area contributed by atoms with E-state index in [-0.39, 0.29) is 0 Å². The summed E-state index contributed by atoms with van der Waals surface area (Å²) in [4.78, 5) is 0. The Morgan fingerprint density at radius 3 is 1.60 bits per heavy atom. The summed E-state index contributed by atoms with van der Waals surface area (Å²) in [7, 11) is 0. The van der Waals surface area contributed by atoms with E-state index in [1.165, 1.54) is 5.92 Å². The normalized spacial score (nSPS) is 12.2. The number of hydrogen-bond donors (Lipinski definition) is 0. The van der Waals surface area contributed by atoms with E-state index in [0.717, 1.165) is 0 Å². The van der Waals surface area contributed by atoms with Crippen molar-refractivity contribution in [2.45, 2.75) is 19.6 Å². The van der Waals surface area contributed by atoms with E-state index in [9.17, 15) is 13.2 Å². The molecule has 0 radical (unpaired) electrons. The van der Waals surface area contributed by atoms with Crippen molar-refractivity contribution in [3.8, 4) is 9.40 Å². The summed E-state index contributed by atoms with van der Waals surface area (Å²) in [6.07, 6.45) is -4.30. The van der Waals surface area contributed by atoms with E-state index in [0.29, 0.717) is 0 Å². The molecular weight excluding hydrogens is 336 g/mol. The summed E-state index contributed by atoms with van der Waals surface area (Å²) < 4.78 is 42.2. The van der Waals surface area contributed by atoms with Crippen LogP contribution in [0.2, 0.25) is 13.4 Å². The molecule has 0 aliphatic carbocycles. The summed E-state index contributed by atoms with van der Waals surface area (Å²) in [5, 5.41) is 0. The fourth-order valence-electron chi connectivity index (χ4n) is 0.258. The molecule has 10 heavy (non-hydrogen) atoms. The molecule has 0 heterocycles. The molecule has 0 aromatic carbocycles. The second-order valence-electron chi connectivity index (χ2n) is 3.00. The Morgan fingerprint density at radius 1 is 1.10 bits per heavy atom. The van der Waals surface area contributed by atoms with Crippen LogP contribution in [-0.2, 0) is 0 Å². The first-order chi connectivity index (χ1) is 4.21. The predicted octanol–water partition coefficient (Wildman–Crippen LogP) is 2.43. The van der Waals surface area contributed by atoms with Gasteiger partial charge in [0.05, 0.1) is 0 Å². The first-order valence-electron chi connectivity index (χ1n) is 2.82. The van der Waals surface area contributed by atoms with Crippen LogP contribution in [0, 0.1) is 9.40 Å². The summed E-state index contributed by atoms with van der Waals surface area (Å²) in [5.41, 5.74) is 0. The number of hydrogen-bond acceptors (Lipinski definition) is 0. The zero-order valence-corrected chi connectivity index (χ0v) is 10.0. The van der Waals surface area contributed by atoms with E-state index in [1.54, 1.807) is 0 Å². The SMILES string of the molecule is [CH3][Pb]([CH3])([CH3])[C]#CC(F)(F)F. The van der Waals surface area contributed by atoms with Crippen LogP contribution >= 0.6 is 0 Å². The van der Waals surface area contributed by atoms with Crippen LogP contribution in [0.25, 0.3) is 0 Å². The fourth-order valence-corrected chi connectivity index (χ4v) is 2.27. The molecule has 0 saturated carbocycles. The molecule has 0 unspecified atom stereocenters. The van der Waals surface area contributed by atoms with Crippen molar-refractivity contribution in [1.29, 1.82) is 0 Å². The standard InChI is InChI=1S/C3F3.3CH3.Pb/c1-2-3(4,5)6;;;;/h;3*1H3;. The second-order valence-corrected chi connectivity index (χ2v) is 21.5. The molecule has 0 N–H and O–H groups in total. The molecule has 0 fully saturated rings. The molecule has 0 amide bonds. The quantitative estimate of drug-likeness (QED) is 0.467. The monoisotopic (exact) mass is 346 g/mol. The Labute approximate surface area is 63.5 Å². The Morgan fingerprint density at radius 2 is 1.50 bits per heavy atom. The molecule has 0 nitrogen and oxygen atoms in total. The van der Waals surface area contributed by atoms with E-state index in [2.05, 4.69) is 3.48 Å². The van der Waals surface area contributed by atoms with E-state index in [4.69, 9.17) is 0 Å². The van der Waals surface area contributed by atoms with Gasteiger partial charge in [-0.25, -0.2) is 0 Å². The van der Waals surface area contributed by atoms with Gasteiger partial charge in [0.2, 0.25) is 0 Å². The van der Waals surface area contributed by atoms with Gasteiger partial charge in [-0.1, -0.05) is 0 Å². The van der Waals surface area contributed by atoms with Crippen molar-refractivity contribution in [3.63, 3.8) is 0 Å². The molecule has 0 aliphatic heterocycles. The van der Waals surface area contributed by atoms with Crippen LogP contribution in [0.3, 0.4) is 0 Å². The maximum absolute atomic E-state index is 11.4. The average Bonchev–Trinajstić information content (AvgIpc) is 1.57. The third kappa shape index (κ3) is 8.27. The third-order valence-electron chi connectivity index (χ3n) is 0.579. The van der Waals surface area contributed by atoms with Crippen molar-refractivity contribution in [3.05, 3.63) is 0 Å². The van der Waals surface area contributed by atoms with E-state index < -0.39 is 27.3 Å². The predicted molar refractivity (Wildman–Crippen MR) is 37.2 cm³/mol. The zero-order chi connectivity index (χ0) is 8.41. The van der Waals surface area contributed by atoms with Gasteiger partial charge in [0.25, 0.3) is 0 Å². The molecule has 0 spiro atoms. The maximum atomic E-state index is 11.4. The molecule has 0 bridgehead atoms. The van der Waals surface area contributed by atoms with E-state index >= 15 is 0 Å². The zero-order valence-electron chi connectivity index (χ0n) is 6.13. The van der Waals surface area contributed by atoms with Gasteiger partial charge in [0.1, 0.15) is 0 Å². The van der Waals surface area contributed by atoms with Crippen LogP contribution in [-0.4, -0.2) is 27.3 Å². The molecule has 0 rings (SSSR count). The van der Waals surface area contributed by atoms with Gasteiger partial charge in [-0.05, 0) is 0 Å². The van der Waals surface area contributed by atoms with Gasteiger partial charge >= 0.3 is 63.4 Å². The van der Waals surface area contributed by atoms with Crippen molar-refractivity contribution in [1.82, 2.24) is 0 Å². The number of rotatable bonds is 0. The van der Waals surface area contributed by atoms with Crippen molar-refractivity contribution in [2.24, 2.45) is 0 Å². The first kappa shape index (κ1) is 10.3. The Kier molecular flexibility index (Phi) is 3.20. The van der Waals surface area contributed by atoms with E-state index in [1.807, 2.05) is 13.4 Å². The first-order valence-corrected chi connectivity index (χ1v) is 16.4. The molecule has 0 aromatic rings. The van der Waals surface area contributed by atoms with Crippen LogP contribution in [0.4, 0.5) is 13.2 Å². The Balaban J connectivity index is 4.19. The molecule has 0 atom stereocenters.